The fourth-order valence-electron chi connectivity index (χ4n) is 0.646. The van der Waals surface area contributed by atoms with E-state index in [-0.39, 0.29) is 12.6 Å². The van der Waals surface area contributed by atoms with E-state index in [2.05, 4.69) is 5.32 Å². The fourth-order valence-corrected chi connectivity index (χ4v) is 0.646. The predicted octanol–water partition coefficient (Wildman–Crippen LogP) is -0.872. The quantitative estimate of drug-likeness (QED) is 0.522. The molecule has 0 saturated carbocycles. The van der Waals surface area contributed by atoms with Crippen molar-refractivity contribution in [1.29, 1.82) is 0 Å². The van der Waals surface area contributed by atoms with Gasteiger partial charge in [0.15, 0.2) is 0 Å². The Kier molecular flexibility index (Phi) is 4.67. The number of rotatable bonds is 4. The number of likely N-dealkylation sites (N-methyl/N-ethyl adjacent to an activating group) is 2. The van der Waals surface area contributed by atoms with Crippen LogP contribution in [-0.2, 0) is 0 Å². The van der Waals surface area contributed by atoms with E-state index in [0.717, 1.165) is 6.54 Å². The van der Waals surface area contributed by atoms with E-state index in [1.165, 1.54) is 0 Å². The molecular formula is C6H16N2O. The van der Waals surface area contributed by atoms with E-state index in [1.807, 2.05) is 26.0 Å². The number of hydrogen-bond donors (Lipinski definition) is 2. The molecule has 2 N–H and O–H groups in total. The van der Waals surface area contributed by atoms with Crippen molar-refractivity contribution in [1.82, 2.24) is 10.2 Å². The molecule has 0 aromatic heterocycles. The molecule has 9 heavy (non-hydrogen) atoms. The van der Waals surface area contributed by atoms with E-state index in [0.29, 0.717) is 0 Å². The minimum atomic E-state index is 0.216. The average molecular weight is 132 g/mol. The zero-order valence-electron chi connectivity index (χ0n) is 6.39. The van der Waals surface area contributed by atoms with Gasteiger partial charge in [0.05, 0.1) is 6.61 Å². The lowest BCUT2D eigenvalue weighted by Gasteiger charge is -2.20. The van der Waals surface area contributed by atoms with Crippen LogP contribution in [0.5, 0.6) is 0 Å². The van der Waals surface area contributed by atoms with Gasteiger partial charge in [0.2, 0.25) is 0 Å². The fraction of sp³-hybridized carbons (Fsp3) is 1.00. The number of aliphatic hydroxyl groups is 1. The van der Waals surface area contributed by atoms with Crippen LogP contribution in [0.25, 0.3) is 0 Å². The molecule has 56 valence electrons. The van der Waals surface area contributed by atoms with Crippen molar-refractivity contribution in [2.24, 2.45) is 0 Å². The Morgan fingerprint density at radius 3 is 2.22 bits per heavy atom. The lowest BCUT2D eigenvalue weighted by molar-refractivity contribution is 0.168. The van der Waals surface area contributed by atoms with Crippen molar-refractivity contribution in [2.75, 3.05) is 34.3 Å². The van der Waals surface area contributed by atoms with Gasteiger partial charge in [-0.25, -0.2) is 0 Å². The molecule has 0 aliphatic carbocycles. The second-order valence-corrected chi connectivity index (χ2v) is 2.36. The smallest absolute Gasteiger partial charge is 0.0599 e. The van der Waals surface area contributed by atoms with Crippen LogP contribution in [0.1, 0.15) is 0 Å². The summed E-state index contributed by atoms with van der Waals surface area (Å²) in [7, 11) is 5.79. The Morgan fingerprint density at radius 1 is 1.56 bits per heavy atom. The Hall–Kier alpha value is -0.120. The normalized spacial score (nSPS) is 14.3. The molecule has 0 bridgehead atoms. The van der Waals surface area contributed by atoms with Crippen molar-refractivity contribution >= 4 is 0 Å². The maximum atomic E-state index is 8.75. The van der Waals surface area contributed by atoms with Crippen molar-refractivity contribution in [2.45, 2.75) is 6.04 Å². The van der Waals surface area contributed by atoms with Crippen LogP contribution < -0.4 is 5.32 Å². The van der Waals surface area contributed by atoms with E-state index in [1.54, 1.807) is 0 Å². The van der Waals surface area contributed by atoms with Crippen LogP contribution in [0, 0.1) is 0 Å². The highest BCUT2D eigenvalue weighted by Crippen LogP contribution is 1.87. The average Bonchev–Trinajstić information content (AvgIpc) is 1.82. The summed E-state index contributed by atoms with van der Waals surface area (Å²) in [6.07, 6.45) is 0. The second kappa shape index (κ2) is 4.73. The Bertz CT molecular complexity index is 66.1. The van der Waals surface area contributed by atoms with E-state index >= 15 is 0 Å². The number of aliphatic hydroxyl groups excluding tert-OH is 1. The highest BCUT2D eigenvalue weighted by atomic mass is 16.3. The molecule has 0 aliphatic heterocycles. The van der Waals surface area contributed by atoms with Crippen LogP contribution >= 0.6 is 0 Å². The van der Waals surface area contributed by atoms with Gasteiger partial charge in [-0.05, 0) is 21.1 Å². The first-order valence-corrected chi connectivity index (χ1v) is 3.14. The lowest BCUT2D eigenvalue weighted by atomic mass is 10.3. The summed E-state index contributed by atoms with van der Waals surface area (Å²) < 4.78 is 0. The molecule has 0 heterocycles. The minimum Gasteiger partial charge on any atom is -0.395 e. The maximum Gasteiger partial charge on any atom is 0.0599 e. The summed E-state index contributed by atoms with van der Waals surface area (Å²) in [6.45, 7) is 1.05. The van der Waals surface area contributed by atoms with Crippen molar-refractivity contribution in [3.05, 3.63) is 0 Å². The van der Waals surface area contributed by atoms with Crippen LogP contribution in [0.2, 0.25) is 0 Å². The first-order valence-electron chi connectivity index (χ1n) is 3.14. The van der Waals surface area contributed by atoms with Gasteiger partial charge >= 0.3 is 0 Å². The first-order chi connectivity index (χ1) is 4.22. The highest BCUT2D eigenvalue weighted by molar-refractivity contribution is 4.65. The molecule has 0 aromatic carbocycles. The van der Waals surface area contributed by atoms with Gasteiger partial charge in [0.25, 0.3) is 0 Å². The van der Waals surface area contributed by atoms with E-state index in [4.69, 9.17) is 5.11 Å². The van der Waals surface area contributed by atoms with E-state index in [9.17, 15) is 0 Å². The molecule has 3 nitrogen and oxygen atoms in total. The molecule has 1 atom stereocenters. The lowest BCUT2D eigenvalue weighted by Crippen LogP contribution is -2.39. The molecule has 3 heteroatoms. The van der Waals surface area contributed by atoms with Crippen LogP contribution in [0.4, 0.5) is 0 Å². The van der Waals surface area contributed by atoms with Crippen LogP contribution in [0.15, 0.2) is 0 Å². The summed E-state index contributed by atoms with van der Waals surface area (Å²) in [5.74, 6) is 0. The van der Waals surface area contributed by atoms with Crippen molar-refractivity contribution in [3.8, 4) is 0 Å². The van der Waals surface area contributed by atoms with Gasteiger partial charge < -0.3 is 15.3 Å². The maximum absolute atomic E-state index is 8.75. The van der Waals surface area contributed by atoms with E-state index < -0.39 is 0 Å². The summed E-state index contributed by atoms with van der Waals surface area (Å²) in [6, 6.07) is 0.245. The van der Waals surface area contributed by atoms with Gasteiger partial charge in [-0.2, -0.15) is 0 Å². The molecule has 0 rings (SSSR count). The standard InChI is InChI=1S/C6H16N2O/c1-7-4-6(5-9)8(2)3/h6-7,9H,4-5H2,1-3H3. The second-order valence-electron chi connectivity index (χ2n) is 2.36. The number of hydrogen-bond acceptors (Lipinski definition) is 3. The topological polar surface area (TPSA) is 35.5 Å². The monoisotopic (exact) mass is 132 g/mol. The third-order valence-electron chi connectivity index (χ3n) is 1.38. The number of nitrogens with zero attached hydrogens (tertiary/aromatic N) is 1. The first kappa shape index (κ1) is 8.88. The summed E-state index contributed by atoms with van der Waals surface area (Å²) in [4.78, 5) is 2.00. The molecule has 0 radical (unpaired) electrons. The van der Waals surface area contributed by atoms with Crippen molar-refractivity contribution < 1.29 is 5.11 Å². The van der Waals surface area contributed by atoms with Gasteiger partial charge in [-0.15, -0.1) is 0 Å². The minimum absolute atomic E-state index is 0.216. The zero-order valence-corrected chi connectivity index (χ0v) is 6.39. The summed E-state index contributed by atoms with van der Waals surface area (Å²) in [5.41, 5.74) is 0. The molecule has 0 saturated heterocycles. The number of nitrogens with one attached hydrogen (secondary N) is 1. The third-order valence-corrected chi connectivity index (χ3v) is 1.38. The predicted molar refractivity (Wildman–Crippen MR) is 38.5 cm³/mol. The van der Waals surface area contributed by atoms with Crippen LogP contribution in [-0.4, -0.2) is 50.3 Å². The highest BCUT2D eigenvalue weighted by Gasteiger charge is 2.06. The Labute approximate surface area is 56.7 Å². The Balaban J connectivity index is 3.41. The molecule has 0 aromatic rings. The molecule has 0 amide bonds. The molecule has 0 spiro atoms. The zero-order chi connectivity index (χ0) is 7.28. The van der Waals surface area contributed by atoms with Gasteiger partial charge in [-0.3, -0.25) is 0 Å². The summed E-state index contributed by atoms with van der Waals surface area (Å²) >= 11 is 0. The van der Waals surface area contributed by atoms with Gasteiger partial charge in [0, 0.05) is 12.6 Å². The third kappa shape index (κ3) is 3.46. The molecular weight excluding hydrogens is 116 g/mol. The largest absolute Gasteiger partial charge is 0.395 e. The van der Waals surface area contributed by atoms with Gasteiger partial charge in [-0.1, -0.05) is 0 Å². The van der Waals surface area contributed by atoms with Gasteiger partial charge in [0.1, 0.15) is 0 Å². The van der Waals surface area contributed by atoms with Crippen molar-refractivity contribution in [3.63, 3.8) is 0 Å². The molecule has 0 fully saturated rings. The Morgan fingerprint density at radius 2 is 2.11 bits per heavy atom. The SMILES string of the molecule is CNCC(CO)N(C)C. The van der Waals surface area contributed by atoms with Crippen LogP contribution in [0.3, 0.4) is 0 Å². The molecule has 0 aliphatic rings. The summed E-state index contributed by atoms with van der Waals surface area (Å²) in [5, 5.41) is 11.7. The molecule has 1 unspecified atom stereocenters.